The van der Waals surface area contributed by atoms with Crippen molar-refractivity contribution >= 4 is 17.3 Å². The van der Waals surface area contributed by atoms with E-state index in [0.717, 1.165) is 25.7 Å². The fourth-order valence-electron chi connectivity index (χ4n) is 2.87. The van der Waals surface area contributed by atoms with Crippen LogP contribution in [0, 0.1) is 12.3 Å². The molecule has 0 aliphatic carbocycles. The number of hydrogen-bond acceptors (Lipinski definition) is 2. The quantitative estimate of drug-likeness (QED) is 0.637. The summed E-state index contributed by atoms with van der Waals surface area (Å²) in [4.78, 5) is 13.7. The van der Waals surface area contributed by atoms with Crippen LogP contribution in [0.4, 0.5) is 0 Å². The minimum Gasteiger partial charge on any atom is -0.481 e. The van der Waals surface area contributed by atoms with Gasteiger partial charge in [-0.25, -0.2) is 0 Å². The minimum absolute atomic E-state index is 0.137. The van der Waals surface area contributed by atoms with Crippen molar-refractivity contribution in [3.63, 3.8) is 0 Å². The molecule has 2 rings (SSSR count). The molecule has 0 aliphatic rings. The summed E-state index contributed by atoms with van der Waals surface area (Å²) in [5.74, 6) is -0.706. The number of carboxylic acid groups (broad SMARTS) is 1. The number of hydrogen-bond donors (Lipinski definition) is 1. The van der Waals surface area contributed by atoms with Crippen LogP contribution in [0.15, 0.2) is 36.4 Å². The second-order valence-corrected chi connectivity index (χ2v) is 8.69. The normalized spacial score (nSPS) is 11.6. The van der Waals surface area contributed by atoms with Crippen LogP contribution in [0.25, 0.3) is 0 Å². The molecule has 1 aromatic carbocycles. The molecule has 0 atom stereocenters. The van der Waals surface area contributed by atoms with Gasteiger partial charge in [0.05, 0.1) is 6.42 Å². The van der Waals surface area contributed by atoms with E-state index in [0.29, 0.717) is 0 Å². The average molecular weight is 345 g/mol. The van der Waals surface area contributed by atoms with Gasteiger partial charge in [0.15, 0.2) is 0 Å². The Hall–Kier alpha value is -1.61. The molecule has 1 N–H and O–H groups in total. The number of benzene rings is 1. The Morgan fingerprint density at radius 3 is 2.25 bits per heavy atom. The molecule has 2 nitrogen and oxygen atoms in total. The lowest BCUT2D eigenvalue weighted by Gasteiger charge is -2.21. The maximum absolute atomic E-state index is 10.9. The van der Waals surface area contributed by atoms with E-state index in [9.17, 15) is 4.79 Å². The van der Waals surface area contributed by atoms with Crippen molar-refractivity contribution in [1.29, 1.82) is 0 Å². The van der Waals surface area contributed by atoms with E-state index in [2.05, 4.69) is 43.3 Å². The van der Waals surface area contributed by atoms with Crippen molar-refractivity contribution in [1.82, 2.24) is 0 Å². The van der Waals surface area contributed by atoms with Gasteiger partial charge in [0, 0.05) is 9.75 Å². The van der Waals surface area contributed by atoms with E-state index < -0.39 is 5.97 Å². The van der Waals surface area contributed by atoms with Gasteiger partial charge in [0.25, 0.3) is 0 Å². The summed E-state index contributed by atoms with van der Waals surface area (Å²) in [6.45, 7) is 6.20. The third-order valence-corrected chi connectivity index (χ3v) is 5.61. The number of carbonyl (C=O) groups is 1. The van der Waals surface area contributed by atoms with Crippen LogP contribution >= 0.6 is 11.3 Å². The highest BCUT2D eigenvalue weighted by Crippen LogP contribution is 2.29. The Morgan fingerprint density at radius 1 is 1.00 bits per heavy atom. The summed E-state index contributed by atoms with van der Waals surface area (Å²) < 4.78 is 0. The van der Waals surface area contributed by atoms with E-state index in [1.807, 2.05) is 25.2 Å². The van der Waals surface area contributed by atoms with E-state index in [1.54, 1.807) is 0 Å². The van der Waals surface area contributed by atoms with Gasteiger partial charge >= 0.3 is 5.97 Å². The zero-order valence-electron chi connectivity index (χ0n) is 15.0. The van der Waals surface area contributed by atoms with Crippen molar-refractivity contribution in [2.75, 3.05) is 0 Å². The molecule has 0 spiro atoms. The first kappa shape index (κ1) is 18.7. The predicted molar refractivity (Wildman–Crippen MR) is 102 cm³/mol. The molecule has 130 valence electrons. The first-order chi connectivity index (χ1) is 11.3. The molecule has 0 unspecified atom stereocenters. The van der Waals surface area contributed by atoms with Crippen molar-refractivity contribution in [2.45, 2.75) is 59.3 Å². The van der Waals surface area contributed by atoms with Crippen LogP contribution in [0.2, 0.25) is 0 Å². The van der Waals surface area contributed by atoms with Crippen molar-refractivity contribution < 1.29 is 9.90 Å². The highest BCUT2D eigenvalue weighted by molar-refractivity contribution is 7.11. The van der Waals surface area contributed by atoms with E-state index in [1.165, 1.54) is 27.3 Å². The van der Waals surface area contributed by atoms with Crippen molar-refractivity contribution in [3.05, 3.63) is 57.3 Å². The molecule has 3 heteroatoms. The highest BCUT2D eigenvalue weighted by Gasteiger charge is 2.21. The molecule has 0 saturated carbocycles. The van der Waals surface area contributed by atoms with Gasteiger partial charge in [-0.15, -0.1) is 11.3 Å². The molecule has 0 amide bonds. The lowest BCUT2D eigenvalue weighted by molar-refractivity contribution is -0.139. The number of thiophene rings is 1. The third kappa shape index (κ3) is 6.48. The second-order valence-electron chi connectivity index (χ2n) is 7.44. The average Bonchev–Trinajstić information content (AvgIpc) is 2.94. The van der Waals surface area contributed by atoms with Crippen LogP contribution in [0.3, 0.4) is 0 Å². The number of aliphatic carboxylic acids is 1. The molecule has 24 heavy (non-hydrogen) atoms. The molecule has 2 aromatic rings. The fraction of sp³-hybridized carbons (Fsp3) is 0.476. The van der Waals surface area contributed by atoms with E-state index in [4.69, 9.17) is 5.11 Å². The molecule has 0 radical (unpaired) electrons. The van der Waals surface area contributed by atoms with Gasteiger partial charge in [-0.2, -0.15) is 0 Å². The van der Waals surface area contributed by atoms with Gasteiger partial charge < -0.3 is 5.11 Å². The topological polar surface area (TPSA) is 37.3 Å². The lowest BCUT2D eigenvalue weighted by atomic mass is 9.84. The monoisotopic (exact) mass is 344 g/mol. The van der Waals surface area contributed by atoms with Crippen LogP contribution in [-0.2, 0) is 24.1 Å². The number of carboxylic acids is 1. The summed E-state index contributed by atoms with van der Waals surface area (Å²) in [7, 11) is 0. The molecule has 0 saturated heterocycles. The summed E-state index contributed by atoms with van der Waals surface area (Å²) in [6, 6.07) is 13.2. The zero-order chi connectivity index (χ0) is 17.6. The Bertz CT molecular complexity index is 653. The first-order valence-corrected chi connectivity index (χ1v) is 9.51. The molecule has 0 bridgehead atoms. The lowest BCUT2D eigenvalue weighted by Crippen LogP contribution is -2.17. The fourth-order valence-corrected chi connectivity index (χ4v) is 3.93. The molecule has 0 fully saturated rings. The van der Waals surface area contributed by atoms with Crippen LogP contribution in [0.1, 0.15) is 54.0 Å². The molecular formula is C21H28O2S. The van der Waals surface area contributed by atoms with E-state index >= 15 is 0 Å². The van der Waals surface area contributed by atoms with E-state index in [-0.39, 0.29) is 11.8 Å². The summed E-state index contributed by atoms with van der Waals surface area (Å²) >= 11 is 1.88. The summed E-state index contributed by atoms with van der Waals surface area (Å²) in [5.41, 5.74) is 2.58. The van der Waals surface area contributed by atoms with Gasteiger partial charge in [0.2, 0.25) is 0 Å². The van der Waals surface area contributed by atoms with Gasteiger partial charge in [0.1, 0.15) is 0 Å². The van der Waals surface area contributed by atoms with Crippen molar-refractivity contribution in [3.8, 4) is 0 Å². The smallest absolute Gasteiger partial charge is 0.303 e. The maximum atomic E-state index is 10.9. The summed E-state index contributed by atoms with van der Waals surface area (Å²) in [6.07, 6.45) is 5.55. The van der Waals surface area contributed by atoms with Crippen LogP contribution in [-0.4, -0.2) is 11.1 Å². The Morgan fingerprint density at radius 2 is 1.62 bits per heavy atom. The Balaban J connectivity index is 1.76. The SMILES string of the molecule is Cc1ccc(CCCc2ccc(CCC(C)(C)CC(=O)O)s2)cc1. The largest absolute Gasteiger partial charge is 0.481 e. The van der Waals surface area contributed by atoms with Crippen molar-refractivity contribution in [2.24, 2.45) is 5.41 Å². The minimum atomic E-state index is -0.706. The first-order valence-electron chi connectivity index (χ1n) is 8.69. The number of rotatable bonds is 9. The van der Waals surface area contributed by atoms with Crippen LogP contribution < -0.4 is 0 Å². The van der Waals surface area contributed by atoms with Crippen LogP contribution in [0.5, 0.6) is 0 Å². The standard InChI is InChI=1S/C21H28O2S/c1-16-7-9-17(10-8-16)5-4-6-18-11-12-19(24-18)13-14-21(2,3)15-20(22)23/h7-12H,4-6,13-15H2,1-3H3,(H,22,23). The highest BCUT2D eigenvalue weighted by atomic mass is 32.1. The molecular weight excluding hydrogens is 316 g/mol. The zero-order valence-corrected chi connectivity index (χ0v) is 15.8. The summed E-state index contributed by atoms with van der Waals surface area (Å²) in [5, 5.41) is 8.96. The molecule has 1 aromatic heterocycles. The Labute approximate surface area is 149 Å². The van der Waals surface area contributed by atoms with Gasteiger partial charge in [-0.1, -0.05) is 43.7 Å². The second kappa shape index (κ2) is 8.48. The third-order valence-electron chi connectivity index (χ3n) is 4.40. The van der Waals surface area contributed by atoms with Gasteiger partial charge in [-0.3, -0.25) is 4.79 Å². The molecule has 0 aliphatic heterocycles. The predicted octanol–water partition coefficient (Wildman–Crippen LogP) is 5.67. The molecule has 1 heterocycles. The maximum Gasteiger partial charge on any atom is 0.303 e. The number of aryl methyl sites for hydroxylation is 4. The van der Waals surface area contributed by atoms with Gasteiger partial charge in [-0.05, 0) is 62.1 Å². The Kier molecular flexibility index (Phi) is 6.61.